The van der Waals surface area contributed by atoms with Crippen LogP contribution >= 0.6 is 0 Å². The Balaban J connectivity index is 1.36. The van der Waals surface area contributed by atoms with Gasteiger partial charge in [0.2, 0.25) is 16.7 Å². The van der Waals surface area contributed by atoms with Gasteiger partial charge < -0.3 is 29.9 Å². The van der Waals surface area contributed by atoms with E-state index in [2.05, 4.69) is 59.6 Å². The standard InChI is InChI=1S/C45H58N8O7/c1-9-51-37-15-14-29-22-33(37)34(41(51)32-12-10-16-46-39(32)27(4)59-8)23-45(5,6)25-60-53(58)38-13-11-17-52(49-38)44(57)35(20-28-18-30(29)21-31(54)19-28)48-42(55)40(26(2)3)50(7)43(56)36-24-47-36/h10,12,14-16,18-19,21-22,26-27,35-36,38,40,47,49H,9,11,13,17,20,23-25H2,1-8H3,(H-,48,54,55)/p+1/t27-,35-,36+,38+,40-/m0/s1. The fourth-order valence-electron chi connectivity index (χ4n) is 8.79. The van der Waals surface area contributed by atoms with E-state index in [4.69, 9.17) is 14.6 Å². The number of nitrogens with one attached hydrogen (secondary N) is 3. The SMILES string of the molecule is CCn1c(-c2cccnc2[C@H](C)OC)c2c3cc(ccc31)-c1cc(O)cc(c1)C[C@H](NC(=O)[C@H](C(C)C)N(C)C(=O)[C@H]1CN1)C(=O)N1CCC[C@H](N1)[N+](=O)OCC(C)(C)C2. The number of hydrogen-bond donors (Lipinski definition) is 4. The minimum atomic E-state index is -1.11. The summed E-state index contributed by atoms with van der Waals surface area (Å²) in [6.45, 7) is 13.6. The van der Waals surface area contributed by atoms with Crippen LogP contribution in [0.1, 0.15) is 77.3 Å². The van der Waals surface area contributed by atoms with Gasteiger partial charge in [-0.05, 0) is 91.3 Å². The third kappa shape index (κ3) is 8.75. The van der Waals surface area contributed by atoms with E-state index >= 15 is 0 Å². The molecule has 2 aromatic heterocycles. The van der Waals surface area contributed by atoms with Crippen LogP contribution in [0.2, 0.25) is 0 Å². The van der Waals surface area contributed by atoms with Crippen LogP contribution in [0.4, 0.5) is 0 Å². The molecule has 0 aliphatic carbocycles. The zero-order valence-corrected chi connectivity index (χ0v) is 35.9. The van der Waals surface area contributed by atoms with Gasteiger partial charge in [-0.1, -0.05) is 39.8 Å². The molecule has 0 spiro atoms. The van der Waals surface area contributed by atoms with Crippen LogP contribution in [0.25, 0.3) is 33.3 Å². The smallest absolute Gasteiger partial charge is 0.326 e. The zero-order chi connectivity index (χ0) is 43.0. The maximum Gasteiger partial charge on any atom is 0.326 e. The van der Waals surface area contributed by atoms with Crippen molar-refractivity contribution in [1.82, 2.24) is 35.5 Å². The largest absolute Gasteiger partial charge is 0.508 e. The van der Waals surface area contributed by atoms with Crippen molar-refractivity contribution in [3.05, 3.63) is 76.5 Å². The van der Waals surface area contributed by atoms with E-state index in [1.165, 1.54) is 9.91 Å². The number of aromatic nitrogens is 2. The molecule has 3 amide bonds. The zero-order valence-electron chi connectivity index (χ0n) is 35.9. The van der Waals surface area contributed by atoms with E-state index in [9.17, 15) is 24.4 Å². The number of phenols is 1. The Bertz CT molecular complexity index is 2280. The summed E-state index contributed by atoms with van der Waals surface area (Å²) in [5.74, 6) is -1.37. The van der Waals surface area contributed by atoms with E-state index in [0.717, 1.165) is 44.5 Å². The Morgan fingerprint density at radius 3 is 2.62 bits per heavy atom. The Morgan fingerprint density at radius 2 is 1.92 bits per heavy atom. The van der Waals surface area contributed by atoms with Gasteiger partial charge >= 0.3 is 6.17 Å². The average molecular weight is 824 g/mol. The topological polar surface area (TPSA) is 180 Å². The van der Waals surface area contributed by atoms with E-state index in [-0.39, 0.29) is 42.7 Å². The van der Waals surface area contributed by atoms with Gasteiger partial charge in [0.15, 0.2) is 6.61 Å². The van der Waals surface area contributed by atoms with Gasteiger partial charge in [-0.3, -0.25) is 24.4 Å². The van der Waals surface area contributed by atoms with Gasteiger partial charge in [-0.25, -0.2) is 4.84 Å². The number of pyridine rings is 1. The van der Waals surface area contributed by atoms with Gasteiger partial charge in [0.05, 0.1) is 28.4 Å². The highest BCUT2D eigenvalue weighted by molar-refractivity contribution is 5.96. The fourth-order valence-corrected chi connectivity index (χ4v) is 8.79. The normalized spacial score (nSPS) is 21.6. The number of rotatable bonds is 9. The van der Waals surface area contributed by atoms with Crippen molar-refractivity contribution in [2.24, 2.45) is 11.3 Å². The molecular formula is C45H59N8O7+. The monoisotopic (exact) mass is 823 g/mol. The number of carbonyl (C=O) groups excluding carboxylic acids is 3. The van der Waals surface area contributed by atoms with E-state index in [1.807, 2.05) is 39.0 Å². The van der Waals surface area contributed by atoms with Crippen LogP contribution in [-0.4, -0.2) is 105 Å². The molecule has 15 heteroatoms. The lowest BCUT2D eigenvalue weighted by Gasteiger charge is -2.34. The maximum atomic E-state index is 14.5. The molecule has 6 bridgehead atoms. The second kappa shape index (κ2) is 17.3. The van der Waals surface area contributed by atoms with Crippen molar-refractivity contribution in [3.63, 3.8) is 0 Å². The quantitative estimate of drug-likeness (QED) is 0.167. The molecule has 7 rings (SSSR count). The molecule has 3 aliphatic rings. The molecule has 15 nitrogen and oxygen atoms in total. The number of hydrogen-bond acceptors (Lipinski definition) is 10. The predicted molar refractivity (Wildman–Crippen MR) is 227 cm³/mol. The molecule has 3 aliphatic heterocycles. The highest BCUT2D eigenvalue weighted by Gasteiger charge is 2.42. The average Bonchev–Trinajstić information content (AvgIpc) is 4.04. The molecule has 2 fully saturated rings. The number of phenolic OH excluding ortho intramolecular Hbond substituents is 1. The number of fused-ring (bicyclic) bond motifs is 6. The molecule has 4 N–H and O–H groups in total. The summed E-state index contributed by atoms with van der Waals surface area (Å²) in [6.07, 6.45) is 2.15. The summed E-state index contributed by atoms with van der Waals surface area (Å²) < 4.78 is 8.08. The molecule has 5 heterocycles. The summed E-state index contributed by atoms with van der Waals surface area (Å²) in [7, 11) is 3.28. The van der Waals surface area contributed by atoms with Gasteiger partial charge in [0.25, 0.3) is 5.91 Å². The maximum absolute atomic E-state index is 14.5. The summed E-state index contributed by atoms with van der Waals surface area (Å²) >= 11 is 0. The van der Waals surface area contributed by atoms with Crippen LogP contribution in [0.15, 0.2) is 54.7 Å². The molecule has 0 radical (unpaired) electrons. The number of aromatic hydroxyl groups is 1. The Morgan fingerprint density at radius 1 is 1.15 bits per heavy atom. The third-order valence-electron chi connectivity index (χ3n) is 12.0. The number of methoxy groups -OCH3 is 1. The first-order valence-corrected chi connectivity index (χ1v) is 21.0. The second-order valence-corrected chi connectivity index (χ2v) is 17.5. The van der Waals surface area contributed by atoms with Crippen LogP contribution in [0.5, 0.6) is 5.75 Å². The summed E-state index contributed by atoms with van der Waals surface area (Å²) in [5, 5.41) is 19.6. The first-order valence-electron chi connectivity index (χ1n) is 21.0. The molecule has 2 aromatic carbocycles. The van der Waals surface area contributed by atoms with Crippen LogP contribution in [-0.2, 0) is 43.3 Å². The molecule has 2 saturated heterocycles. The lowest BCUT2D eigenvalue weighted by molar-refractivity contribution is -0.835. The van der Waals surface area contributed by atoms with E-state index < -0.39 is 35.5 Å². The first-order chi connectivity index (χ1) is 28.6. The van der Waals surface area contributed by atoms with E-state index in [1.54, 1.807) is 32.5 Å². The summed E-state index contributed by atoms with van der Waals surface area (Å²) in [6, 6.07) is 13.2. The molecule has 320 valence electrons. The van der Waals surface area contributed by atoms with Crippen molar-refractivity contribution in [2.45, 2.75) is 104 Å². The number of carbonyl (C=O) groups is 3. The van der Waals surface area contributed by atoms with Gasteiger partial charge in [0, 0.05) is 74.7 Å². The van der Waals surface area contributed by atoms with Crippen molar-refractivity contribution < 1.29 is 34.0 Å². The Labute approximate surface area is 351 Å². The van der Waals surface area contributed by atoms with Crippen molar-refractivity contribution in [1.29, 1.82) is 0 Å². The predicted octanol–water partition coefficient (Wildman–Crippen LogP) is 5.03. The second-order valence-electron chi connectivity index (χ2n) is 17.5. The number of aryl methyl sites for hydroxylation is 1. The molecule has 5 atom stereocenters. The molecule has 60 heavy (non-hydrogen) atoms. The number of benzene rings is 2. The van der Waals surface area contributed by atoms with Crippen LogP contribution < -0.4 is 16.1 Å². The summed E-state index contributed by atoms with van der Waals surface area (Å²) in [4.78, 5) is 68.3. The molecule has 0 unspecified atom stereocenters. The number of ether oxygens (including phenoxy) is 1. The highest BCUT2D eigenvalue weighted by Crippen LogP contribution is 2.42. The lowest BCUT2D eigenvalue weighted by atomic mass is 9.84. The first kappa shape index (κ1) is 42.7. The van der Waals surface area contributed by atoms with Crippen LogP contribution in [0.3, 0.4) is 0 Å². The fraction of sp³-hybridized carbons (Fsp3) is 0.511. The minimum absolute atomic E-state index is 0.00822. The van der Waals surface area contributed by atoms with Gasteiger partial charge in [-0.15, -0.1) is 0 Å². The number of amides is 3. The van der Waals surface area contributed by atoms with Gasteiger partial charge in [-0.2, -0.15) is 5.43 Å². The number of nitrogens with zero attached hydrogens (tertiary/aromatic N) is 5. The number of hydrazine groups is 1. The van der Waals surface area contributed by atoms with Crippen molar-refractivity contribution >= 4 is 28.6 Å². The third-order valence-corrected chi connectivity index (χ3v) is 12.0. The van der Waals surface area contributed by atoms with Crippen molar-refractivity contribution in [3.8, 4) is 28.1 Å². The number of likely N-dealkylation sites (N-methyl/N-ethyl adjacent to an activating group) is 1. The highest BCUT2D eigenvalue weighted by atomic mass is 16.8. The molecule has 0 saturated carbocycles. The Kier molecular flexibility index (Phi) is 12.3. The molecular weight excluding hydrogens is 765 g/mol. The van der Waals surface area contributed by atoms with E-state index in [0.29, 0.717) is 49.4 Å². The van der Waals surface area contributed by atoms with Crippen molar-refractivity contribution in [2.75, 3.05) is 33.9 Å². The molecule has 4 aromatic rings. The van der Waals surface area contributed by atoms with Gasteiger partial charge in [0.1, 0.15) is 17.8 Å². The summed E-state index contributed by atoms with van der Waals surface area (Å²) in [5.41, 5.74) is 9.59. The lowest BCUT2D eigenvalue weighted by Crippen LogP contribution is -2.62. The minimum Gasteiger partial charge on any atom is -0.508 e. The Hall–Kier alpha value is -5.38. The van der Waals surface area contributed by atoms with Crippen LogP contribution in [0, 0.1) is 16.2 Å².